The quantitative estimate of drug-likeness (QED) is 0.687. The van der Waals surface area contributed by atoms with Crippen LogP contribution in [-0.2, 0) is 11.3 Å². The maximum Gasteiger partial charge on any atom is 0.225 e. The lowest BCUT2D eigenvalue weighted by Gasteiger charge is -2.22. The van der Waals surface area contributed by atoms with Crippen LogP contribution in [0.1, 0.15) is 31.5 Å². The summed E-state index contributed by atoms with van der Waals surface area (Å²) in [5, 5.41) is 6.24. The van der Waals surface area contributed by atoms with Crippen molar-refractivity contribution < 1.29 is 4.79 Å². The van der Waals surface area contributed by atoms with Crippen molar-refractivity contribution in [2.45, 2.75) is 33.7 Å². The molecule has 0 atom stereocenters. The van der Waals surface area contributed by atoms with Gasteiger partial charge in [-0.2, -0.15) is 0 Å². The van der Waals surface area contributed by atoms with Gasteiger partial charge in [0.2, 0.25) is 5.91 Å². The molecule has 0 radical (unpaired) electrons. The van der Waals surface area contributed by atoms with Gasteiger partial charge < -0.3 is 15.5 Å². The molecular formula is C20H28N4O. The second kappa shape index (κ2) is 9.79. The second-order valence-corrected chi connectivity index (χ2v) is 5.97. The van der Waals surface area contributed by atoms with Crippen molar-refractivity contribution in [2.75, 3.05) is 29.9 Å². The molecule has 0 aliphatic rings. The van der Waals surface area contributed by atoms with Crippen molar-refractivity contribution >= 4 is 17.3 Å². The van der Waals surface area contributed by atoms with Crippen molar-refractivity contribution in [2.24, 2.45) is 0 Å². The number of amides is 1. The molecule has 1 aromatic heterocycles. The minimum absolute atomic E-state index is 0.0206. The van der Waals surface area contributed by atoms with Gasteiger partial charge in [0.15, 0.2) is 0 Å². The van der Waals surface area contributed by atoms with Gasteiger partial charge >= 0.3 is 0 Å². The number of aryl methyl sites for hydroxylation is 1. The highest BCUT2D eigenvalue weighted by atomic mass is 16.1. The minimum atomic E-state index is 0.0206. The summed E-state index contributed by atoms with van der Waals surface area (Å²) >= 11 is 0. The average Bonchev–Trinajstić information content (AvgIpc) is 2.63. The summed E-state index contributed by atoms with van der Waals surface area (Å²) in [5.74, 6) is 0.0206. The number of nitrogens with one attached hydrogen (secondary N) is 2. The van der Waals surface area contributed by atoms with Gasteiger partial charge in [-0.05, 0) is 56.7 Å². The molecule has 5 nitrogen and oxygen atoms in total. The van der Waals surface area contributed by atoms with Crippen molar-refractivity contribution in [3.63, 3.8) is 0 Å². The smallest absolute Gasteiger partial charge is 0.225 e. The third-order valence-electron chi connectivity index (χ3n) is 4.17. The molecule has 0 saturated carbocycles. The normalized spacial score (nSPS) is 10.5. The van der Waals surface area contributed by atoms with E-state index in [-0.39, 0.29) is 5.91 Å². The third kappa shape index (κ3) is 5.87. The number of carbonyl (C=O) groups is 1. The largest absolute Gasteiger partial charge is 0.372 e. The number of anilines is 2. The van der Waals surface area contributed by atoms with E-state index < -0.39 is 0 Å². The Labute approximate surface area is 150 Å². The van der Waals surface area contributed by atoms with Crippen LogP contribution in [0.15, 0.2) is 42.6 Å². The van der Waals surface area contributed by atoms with E-state index in [9.17, 15) is 4.79 Å². The highest BCUT2D eigenvalue weighted by Crippen LogP contribution is 2.22. The first kappa shape index (κ1) is 18.9. The standard InChI is InChI=1S/C20H28N4O/c1-4-24(5-2)18-9-10-19(16(3)14-18)23-20(25)11-13-21-15-17-8-6-7-12-22-17/h6-10,12,14,21H,4-5,11,13,15H2,1-3H3,(H,23,25). The predicted molar refractivity (Wildman–Crippen MR) is 104 cm³/mol. The summed E-state index contributed by atoms with van der Waals surface area (Å²) in [6.45, 7) is 9.57. The summed E-state index contributed by atoms with van der Waals surface area (Å²) in [4.78, 5) is 18.7. The fourth-order valence-electron chi connectivity index (χ4n) is 2.71. The highest BCUT2D eigenvalue weighted by Gasteiger charge is 2.08. The Kier molecular flexibility index (Phi) is 7.41. The molecule has 25 heavy (non-hydrogen) atoms. The molecule has 2 N–H and O–H groups in total. The topological polar surface area (TPSA) is 57.3 Å². The first-order chi connectivity index (χ1) is 12.1. The lowest BCUT2D eigenvalue weighted by molar-refractivity contribution is -0.116. The Morgan fingerprint density at radius 3 is 2.60 bits per heavy atom. The number of carbonyl (C=O) groups excluding carboxylic acids is 1. The van der Waals surface area contributed by atoms with Crippen molar-refractivity contribution in [3.8, 4) is 0 Å². The van der Waals surface area contributed by atoms with Gasteiger partial charge in [-0.1, -0.05) is 6.07 Å². The molecule has 1 heterocycles. The van der Waals surface area contributed by atoms with E-state index in [0.29, 0.717) is 19.5 Å². The fraction of sp³-hybridized carbons (Fsp3) is 0.400. The van der Waals surface area contributed by atoms with Gasteiger partial charge in [-0.25, -0.2) is 0 Å². The number of pyridine rings is 1. The van der Waals surface area contributed by atoms with Gasteiger partial charge in [0.25, 0.3) is 0 Å². The predicted octanol–water partition coefficient (Wildman–Crippen LogP) is 3.35. The Hall–Kier alpha value is -2.40. The van der Waals surface area contributed by atoms with Crippen LogP contribution in [0.5, 0.6) is 0 Å². The van der Waals surface area contributed by atoms with Gasteiger partial charge in [-0.15, -0.1) is 0 Å². The Morgan fingerprint density at radius 2 is 1.96 bits per heavy atom. The van der Waals surface area contributed by atoms with Crippen LogP contribution in [0.2, 0.25) is 0 Å². The lowest BCUT2D eigenvalue weighted by Crippen LogP contribution is -2.23. The van der Waals surface area contributed by atoms with Crippen LogP contribution in [0.25, 0.3) is 0 Å². The first-order valence-corrected chi connectivity index (χ1v) is 8.90. The van der Waals surface area contributed by atoms with Crippen molar-refractivity contribution in [1.29, 1.82) is 0 Å². The molecule has 0 unspecified atom stereocenters. The molecule has 2 rings (SSSR count). The fourth-order valence-corrected chi connectivity index (χ4v) is 2.71. The number of benzene rings is 1. The molecule has 1 amide bonds. The van der Waals surface area contributed by atoms with E-state index >= 15 is 0 Å². The van der Waals surface area contributed by atoms with Gasteiger partial charge in [-0.3, -0.25) is 9.78 Å². The van der Waals surface area contributed by atoms with Crippen LogP contribution < -0.4 is 15.5 Å². The third-order valence-corrected chi connectivity index (χ3v) is 4.17. The van der Waals surface area contributed by atoms with Crippen molar-refractivity contribution in [1.82, 2.24) is 10.3 Å². The maximum absolute atomic E-state index is 12.1. The first-order valence-electron chi connectivity index (χ1n) is 8.90. The summed E-state index contributed by atoms with van der Waals surface area (Å²) in [6, 6.07) is 12.0. The van der Waals surface area contributed by atoms with Crippen LogP contribution in [-0.4, -0.2) is 30.5 Å². The molecule has 0 aliphatic heterocycles. The molecule has 1 aromatic carbocycles. The number of hydrogen-bond donors (Lipinski definition) is 2. The van der Waals surface area contributed by atoms with Gasteiger partial charge in [0.05, 0.1) is 5.69 Å². The number of rotatable bonds is 9. The summed E-state index contributed by atoms with van der Waals surface area (Å²) in [7, 11) is 0. The molecule has 0 saturated heterocycles. The zero-order valence-corrected chi connectivity index (χ0v) is 15.4. The van der Waals surface area contributed by atoms with Crippen LogP contribution in [0.3, 0.4) is 0 Å². The number of hydrogen-bond acceptors (Lipinski definition) is 4. The monoisotopic (exact) mass is 340 g/mol. The molecule has 5 heteroatoms. The van der Waals surface area contributed by atoms with E-state index in [1.807, 2.05) is 31.2 Å². The van der Waals surface area contributed by atoms with Crippen molar-refractivity contribution in [3.05, 3.63) is 53.9 Å². The number of aromatic nitrogens is 1. The lowest BCUT2D eigenvalue weighted by atomic mass is 10.1. The molecular weight excluding hydrogens is 312 g/mol. The van der Waals surface area contributed by atoms with Crippen LogP contribution in [0, 0.1) is 6.92 Å². The number of nitrogens with zero attached hydrogens (tertiary/aromatic N) is 2. The van der Waals surface area contributed by atoms with E-state index in [2.05, 4.69) is 46.5 Å². The minimum Gasteiger partial charge on any atom is -0.372 e. The highest BCUT2D eigenvalue weighted by molar-refractivity contribution is 5.91. The molecule has 2 aromatic rings. The van der Waals surface area contributed by atoms with Crippen LogP contribution in [0.4, 0.5) is 11.4 Å². The molecule has 134 valence electrons. The zero-order chi connectivity index (χ0) is 18.1. The molecule has 0 fully saturated rings. The van der Waals surface area contributed by atoms with Gasteiger partial charge in [0, 0.05) is 50.2 Å². The van der Waals surface area contributed by atoms with E-state index in [1.165, 1.54) is 5.69 Å². The molecule has 0 spiro atoms. The van der Waals surface area contributed by atoms with Crippen LogP contribution >= 0.6 is 0 Å². The Bertz CT molecular complexity index is 669. The second-order valence-electron chi connectivity index (χ2n) is 5.97. The Morgan fingerprint density at radius 1 is 1.16 bits per heavy atom. The summed E-state index contributed by atoms with van der Waals surface area (Å²) in [6.07, 6.45) is 2.21. The summed E-state index contributed by atoms with van der Waals surface area (Å²) in [5.41, 5.74) is 4.13. The molecule has 0 bridgehead atoms. The average molecular weight is 340 g/mol. The van der Waals surface area contributed by atoms with Gasteiger partial charge in [0.1, 0.15) is 0 Å². The SMILES string of the molecule is CCN(CC)c1ccc(NC(=O)CCNCc2ccccn2)c(C)c1. The maximum atomic E-state index is 12.1. The van der Waals surface area contributed by atoms with E-state index in [4.69, 9.17) is 0 Å². The zero-order valence-electron chi connectivity index (χ0n) is 15.4. The Balaban J connectivity index is 1.80. The summed E-state index contributed by atoms with van der Waals surface area (Å²) < 4.78 is 0. The van der Waals surface area contributed by atoms with E-state index in [1.54, 1.807) is 6.20 Å². The van der Waals surface area contributed by atoms with E-state index in [0.717, 1.165) is 30.0 Å². The molecule has 0 aliphatic carbocycles.